The van der Waals surface area contributed by atoms with E-state index in [1.54, 1.807) is 30.3 Å². The van der Waals surface area contributed by atoms with E-state index < -0.39 is 17.9 Å². The highest BCUT2D eigenvalue weighted by atomic mass is 79.9. The molecule has 1 amide bonds. The van der Waals surface area contributed by atoms with Crippen LogP contribution >= 0.6 is 15.9 Å². The Balaban J connectivity index is 2.09. The zero-order valence-electron chi connectivity index (χ0n) is 11.1. The molecule has 0 heterocycles. The molecule has 0 aliphatic heterocycles. The van der Waals surface area contributed by atoms with Crippen LogP contribution in [0.1, 0.15) is 15.9 Å². The summed E-state index contributed by atoms with van der Waals surface area (Å²) in [6.07, 6.45) is 0.230. The molecule has 2 aromatic carbocycles. The Morgan fingerprint density at radius 2 is 1.81 bits per heavy atom. The van der Waals surface area contributed by atoms with Crippen LogP contribution in [0.3, 0.4) is 0 Å². The lowest BCUT2D eigenvalue weighted by Gasteiger charge is -2.15. The molecule has 0 unspecified atom stereocenters. The highest BCUT2D eigenvalue weighted by molar-refractivity contribution is 9.10. The zero-order valence-corrected chi connectivity index (χ0v) is 12.7. The normalized spacial score (nSPS) is 11.7. The SMILES string of the molecule is O=C(N[C@@H](Cc1cccc(Br)c1)C(=O)O)c1ccccc1. The molecule has 5 heteroatoms. The lowest BCUT2D eigenvalue weighted by molar-refractivity contribution is -0.139. The van der Waals surface area contributed by atoms with Gasteiger partial charge in [-0.25, -0.2) is 4.79 Å². The van der Waals surface area contributed by atoms with Gasteiger partial charge in [-0.3, -0.25) is 4.79 Å². The summed E-state index contributed by atoms with van der Waals surface area (Å²) < 4.78 is 0.874. The van der Waals surface area contributed by atoms with Gasteiger partial charge in [0, 0.05) is 16.5 Å². The average molecular weight is 348 g/mol. The van der Waals surface area contributed by atoms with Crippen molar-refractivity contribution in [1.29, 1.82) is 0 Å². The van der Waals surface area contributed by atoms with Crippen LogP contribution in [0.4, 0.5) is 0 Å². The molecular weight excluding hydrogens is 334 g/mol. The Bertz CT molecular complexity index is 643. The summed E-state index contributed by atoms with van der Waals surface area (Å²) in [5, 5.41) is 11.8. The average Bonchev–Trinajstić information content (AvgIpc) is 2.47. The van der Waals surface area contributed by atoms with E-state index in [0.717, 1.165) is 10.0 Å². The van der Waals surface area contributed by atoms with Gasteiger partial charge in [-0.05, 0) is 29.8 Å². The van der Waals surface area contributed by atoms with Crippen LogP contribution in [0.5, 0.6) is 0 Å². The summed E-state index contributed by atoms with van der Waals surface area (Å²) in [5.41, 5.74) is 1.28. The Kier molecular flexibility index (Phi) is 5.11. The van der Waals surface area contributed by atoms with Crippen LogP contribution in [0.15, 0.2) is 59.1 Å². The fourth-order valence-corrected chi connectivity index (χ4v) is 2.38. The Hall–Kier alpha value is -2.14. The number of benzene rings is 2. The van der Waals surface area contributed by atoms with E-state index in [4.69, 9.17) is 0 Å². The molecule has 2 aromatic rings. The molecule has 0 radical (unpaired) electrons. The van der Waals surface area contributed by atoms with Gasteiger partial charge >= 0.3 is 5.97 Å². The second-order valence-corrected chi connectivity index (χ2v) is 5.48. The maximum atomic E-state index is 12.0. The fourth-order valence-electron chi connectivity index (χ4n) is 1.93. The number of rotatable bonds is 5. The number of carbonyl (C=O) groups excluding carboxylic acids is 1. The van der Waals surface area contributed by atoms with Crippen molar-refractivity contribution in [3.8, 4) is 0 Å². The third-order valence-corrected chi connectivity index (χ3v) is 3.46. The standard InChI is InChI=1S/C16H14BrNO3/c17-13-8-4-5-11(9-13)10-14(16(20)21)18-15(19)12-6-2-1-3-7-12/h1-9,14H,10H2,(H,18,19)(H,20,21)/t14-/m0/s1. The van der Waals surface area contributed by atoms with E-state index in [1.807, 2.05) is 24.3 Å². The van der Waals surface area contributed by atoms with Crippen molar-refractivity contribution in [3.63, 3.8) is 0 Å². The lowest BCUT2D eigenvalue weighted by atomic mass is 10.1. The molecule has 21 heavy (non-hydrogen) atoms. The first-order chi connectivity index (χ1) is 10.1. The summed E-state index contributed by atoms with van der Waals surface area (Å²) in [6, 6.07) is 15.0. The summed E-state index contributed by atoms with van der Waals surface area (Å²) in [7, 11) is 0. The van der Waals surface area contributed by atoms with E-state index in [1.165, 1.54) is 0 Å². The minimum absolute atomic E-state index is 0.230. The van der Waals surface area contributed by atoms with Crippen LogP contribution in [0.2, 0.25) is 0 Å². The van der Waals surface area contributed by atoms with Crippen LogP contribution in [-0.2, 0) is 11.2 Å². The number of carboxylic acids is 1. The van der Waals surface area contributed by atoms with Crippen molar-refractivity contribution in [2.24, 2.45) is 0 Å². The monoisotopic (exact) mass is 347 g/mol. The molecule has 0 spiro atoms. The quantitative estimate of drug-likeness (QED) is 0.873. The number of hydrogen-bond donors (Lipinski definition) is 2. The molecule has 2 N–H and O–H groups in total. The number of amides is 1. The third-order valence-electron chi connectivity index (χ3n) is 2.97. The predicted octanol–water partition coefficient (Wildman–Crippen LogP) is 2.87. The van der Waals surface area contributed by atoms with Crippen molar-refractivity contribution >= 4 is 27.8 Å². The summed E-state index contributed by atoms with van der Waals surface area (Å²) >= 11 is 3.34. The topological polar surface area (TPSA) is 66.4 Å². The summed E-state index contributed by atoms with van der Waals surface area (Å²) in [4.78, 5) is 23.4. The van der Waals surface area contributed by atoms with Crippen molar-refractivity contribution in [3.05, 3.63) is 70.2 Å². The van der Waals surface area contributed by atoms with Crippen LogP contribution in [0.25, 0.3) is 0 Å². The van der Waals surface area contributed by atoms with Crippen LogP contribution in [0, 0.1) is 0 Å². The molecular formula is C16H14BrNO3. The van der Waals surface area contributed by atoms with Crippen molar-refractivity contribution in [2.75, 3.05) is 0 Å². The van der Waals surface area contributed by atoms with E-state index in [-0.39, 0.29) is 6.42 Å². The van der Waals surface area contributed by atoms with Crippen LogP contribution in [-0.4, -0.2) is 23.0 Å². The third kappa shape index (κ3) is 4.43. The first-order valence-corrected chi connectivity index (χ1v) is 7.19. The molecule has 0 saturated carbocycles. The van der Waals surface area contributed by atoms with E-state index >= 15 is 0 Å². The zero-order chi connectivity index (χ0) is 15.2. The van der Waals surface area contributed by atoms with Crippen molar-refractivity contribution < 1.29 is 14.7 Å². The lowest BCUT2D eigenvalue weighted by Crippen LogP contribution is -2.42. The fraction of sp³-hybridized carbons (Fsp3) is 0.125. The molecule has 0 aliphatic carbocycles. The highest BCUT2D eigenvalue weighted by Gasteiger charge is 2.21. The number of halogens is 1. The van der Waals surface area contributed by atoms with Gasteiger partial charge in [0.05, 0.1) is 0 Å². The first-order valence-electron chi connectivity index (χ1n) is 6.39. The van der Waals surface area contributed by atoms with Gasteiger partial charge in [0.15, 0.2) is 0 Å². The van der Waals surface area contributed by atoms with Gasteiger partial charge in [0.25, 0.3) is 5.91 Å². The van der Waals surface area contributed by atoms with Gasteiger partial charge in [0.2, 0.25) is 0 Å². The molecule has 4 nitrogen and oxygen atoms in total. The highest BCUT2D eigenvalue weighted by Crippen LogP contribution is 2.13. The van der Waals surface area contributed by atoms with Gasteiger partial charge in [-0.15, -0.1) is 0 Å². The summed E-state index contributed by atoms with van der Waals surface area (Å²) in [5.74, 6) is -1.45. The molecule has 0 saturated heterocycles. The van der Waals surface area contributed by atoms with Gasteiger partial charge < -0.3 is 10.4 Å². The Morgan fingerprint density at radius 3 is 2.43 bits per heavy atom. The molecule has 0 fully saturated rings. The predicted molar refractivity (Wildman–Crippen MR) is 83.2 cm³/mol. The number of hydrogen-bond acceptors (Lipinski definition) is 2. The van der Waals surface area contributed by atoms with E-state index in [0.29, 0.717) is 5.56 Å². The maximum absolute atomic E-state index is 12.0. The second-order valence-electron chi connectivity index (χ2n) is 4.56. The smallest absolute Gasteiger partial charge is 0.326 e. The molecule has 2 rings (SSSR count). The molecule has 0 aromatic heterocycles. The van der Waals surface area contributed by atoms with Gasteiger partial charge in [-0.2, -0.15) is 0 Å². The Morgan fingerprint density at radius 1 is 1.10 bits per heavy atom. The van der Waals surface area contributed by atoms with Crippen LogP contribution < -0.4 is 5.32 Å². The largest absolute Gasteiger partial charge is 0.480 e. The first kappa shape index (κ1) is 15.3. The Labute approximate surface area is 130 Å². The maximum Gasteiger partial charge on any atom is 0.326 e. The number of carbonyl (C=O) groups is 2. The molecule has 0 aliphatic rings. The van der Waals surface area contributed by atoms with E-state index in [9.17, 15) is 14.7 Å². The molecule has 108 valence electrons. The number of nitrogens with one attached hydrogen (secondary N) is 1. The van der Waals surface area contributed by atoms with E-state index in [2.05, 4.69) is 21.2 Å². The number of aliphatic carboxylic acids is 1. The molecule has 1 atom stereocenters. The van der Waals surface area contributed by atoms with Gasteiger partial charge in [-0.1, -0.05) is 46.3 Å². The number of carboxylic acid groups (broad SMARTS) is 1. The van der Waals surface area contributed by atoms with Crippen molar-refractivity contribution in [2.45, 2.75) is 12.5 Å². The van der Waals surface area contributed by atoms with Gasteiger partial charge in [0.1, 0.15) is 6.04 Å². The minimum Gasteiger partial charge on any atom is -0.480 e. The van der Waals surface area contributed by atoms with Crippen molar-refractivity contribution in [1.82, 2.24) is 5.32 Å². The molecule has 0 bridgehead atoms. The summed E-state index contributed by atoms with van der Waals surface area (Å²) in [6.45, 7) is 0. The second kappa shape index (κ2) is 7.04. The minimum atomic E-state index is -1.06.